The third-order valence-electron chi connectivity index (χ3n) is 4.47. The van der Waals surface area contributed by atoms with Crippen LogP contribution in [0.2, 0.25) is 0 Å². The Morgan fingerprint density at radius 3 is 2.92 bits per heavy atom. The summed E-state index contributed by atoms with van der Waals surface area (Å²) in [5.74, 6) is 0.128. The van der Waals surface area contributed by atoms with Gasteiger partial charge >= 0.3 is 0 Å². The molecule has 3 N–H and O–H groups in total. The molecule has 0 spiro atoms. The minimum atomic E-state index is -0.337. The van der Waals surface area contributed by atoms with Crippen molar-refractivity contribution in [3.05, 3.63) is 30.0 Å². The van der Waals surface area contributed by atoms with E-state index in [1.165, 1.54) is 0 Å². The van der Waals surface area contributed by atoms with E-state index in [0.29, 0.717) is 31.8 Å². The van der Waals surface area contributed by atoms with E-state index in [4.69, 9.17) is 10.5 Å². The van der Waals surface area contributed by atoms with Gasteiger partial charge < -0.3 is 20.4 Å². The van der Waals surface area contributed by atoms with E-state index in [1.54, 1.807) is 4.90 Å². The molecule has 1 fully saturated rings. The highest BCUT2D eigenvalue weighted by Crippen LogP contribution is 2.24. The SMILES string of the molecule is CCCCOc1ccc2cc(C(=O)N3CCC(C(N)=O)C3)[nH]c2c1. The molecule has 6 heteroatoms. The second kappa shape index (κ2) is 6.95. The average Bonchev–Trinajstić information content (AvgIpc) is 3.21. The number of likely N-dealkylation sites (tertiary alicyclic amines) is 1. The second-order valence-corrected chi connectivity index (χ2v) is 6.27. The van der Waals surface area contributed by atoms with Crippen molar-refractivity contribution in [1.29, 1.82) is 0 Å². The highest BCUT2D eigenvalue weighted by atomic mass is 16.5. The Labute approximate surface area is 141 Å². The van der Waals surface area contributed by atoms with Crippen LogP contribution in [0, 0.1) is 5.92 Å². The van der Waals surface area contributed by atoms with Crippen LogP contribution in [0.1, 0.15) is 36.7 Å². The van der Waals surface area contributed by atoms with E-state index in [-0.39, 0.29) is 17.7 Å². The van der Waals surface area contributed by atoms with Gasteiger partial charge in [0.2, 0.25) is 5.91 Å². The molecule has 0 radical (unpaired) electrons. The van der Waals surface area contributed by atoms with Crippen molar-refractivity contribution in [2.45, 2.75) is 26.2 Å². The summed E-state index contributed by atoms with van der Waals surface area (Å²) in [5, 5.41) is 0.965. The monoisotopic (exact) mass is 329 g/mol. The van der Waals surface area contributed by atoms with Crippen molar-refractivity contribution >= 4 is 22.7 Å². The van der Waals surface area contributed by atoms with E-state index in [1.807, 2.05) is 24.3 Å². The molecule has 0 bridgehead atoms. The third-order valence-corrected chi connectivity index (χ3v) is 4.47. The first kappa shape index (κ1) is 16.4. The summed E-state index contributed by atoms with van der Waals surface area (Å²) < 4.78 is 5.70. The van der Waals surface area contributed by atoms with Crippen LogP contribution in [0.15, 0.2) is 24.3 Å². The van der Waals surface area contributed by atoms with Gasteiger partial charge in [-0.15, -0.1) is 0 Å². The van der Waals surface area contributed by atoms with Gasteiger partial charge in [-0.3, -0.25) is 9.59 Å². The van der Waals surface area contributed by atoms with Crippen molar-refractivity contribution in [3.63, 3.8) is 0 Å². The number of nitrogens with zero attached hydrogens (tertiary/aromatic N) is 1. The molecule has 1 aromatic heterocycles. The molecular weight excluding hydrogens is 306 g/mol. The molecule has 0 saturated carbocycles. The number of ether oxygens (including phenoxy) is 1. The minimum absolute atomic E-state index is 0.0941. The number of hydrogen-bond donors (Lipinski definition) is 2. The fraction of sp³-hybridized carbons (Fsp3) is 0.444. The van der Waals surface area contributed by atoms with E-state index >= 15 is 0 Å². The van der Waals surface area contributed by atoms with Gasteiger partial charge in [-0.05, 0) is 31.0 Å². The molecule has 1 aliphatic heterocycles. The van der Waals surface area contributed by atoms with Crippen molar-refractivity contribution in [2.75, 3.05) is 19.7 Å². The average molecular weight is 329 g/mol. The summed E-state index contributed by atoms with van der Waals surface area (Å²) >= 11 is 0. The highest BCUT2D eigenvalue weighted by Gasteiger charge is 2.30. The lowest BCUT2D eigenvalue weighted by Gasteiger charge is -2.14. The van der Waals surface area contributed by atoms with E-state index < -0.39 is 0 Å². The number of nitrogens with two attached hydrogens (primary N) is 1. The van der Waals surface area contributed by atoms with Gasteiger partial charge in [0, 0.05) is 30.1 Å². The topological polar surface area (TPSA) is 88.4 Å². The van der Waals surface area contributed by atoms with Gasteiger partial charge in [0.05, 0.1) is 12.5 Å². The van der Waals surface area contributed by atoms with Crippen LogP contribution in [-0.4, -0.2) is 41.4 Å². The number of primary amides is 1. The van der Waals surface area contributed by atoms with Crippen molar-refractivity contribution in [2.24, 2.45) is 11.7 Å². The van der Waals surface area contributed by atoms with Crippen LogP contribution in [-0.2, 0) is 4.79 Å². The Hall–Kier alpha value is -2.50. The number of rotatable bonds is 6. The summed E-state index contributed by atoms with van der Waals surface area (Å²) in [6, 6.07) is 7.61. The Kier molecular flexibility index (Phi) is 4.74. The van der Waals surface area contributed by atoms with E-state index in [0.717, 1.165) is 29.5 Å². The summed E-state index contributed by atoms with van der Waals surface area (Å²) in [7, 11) is 0. The van der Waals surface area contributed by atoms with Crippen LogP contribution in [0.3, 0.4) is 0 Å². The molecule has 1 aromatic carbocycles. The predicted molar refractivity (Wildman–Crippen MR) is 91.9 cm³/mol. The van der Waals surface area contributed by atoms with Crippen LogP contribution in [0.5, 0.6) is 5.75 Å². The first-order valence-electron chi connectivity index (χ1n) is 8.42. The lowest BCUT2D eigenvalue weighted by atomic mass is 10.1. The van der Waals surface area contributed by atoms with Crippen molar-refractivity contribution < 1.29 is 14.3 Å². The Morgan fingerprint density at radius 2 is 2.21 bits per heavy atom. The number of benzene rings is 1. The predicted octanol–water partition coefficient (Wildman–Crippen LogP) is 2.29. The fourth-order valence-electron chi connectivity index (χ4n) is 2.99. The molecular formula is C18H23N3O3. The molecule has 3 rings (SSSR count). The molecule has 0 aliphatic carbocycles. The number of H-pyrrole nitrogens is 1. The maximum absolute atomic E-state index is 12.6. The lowest BCUT2D eigenvalue weighted by Crippen LogP contribution is -2.31. The molecule has 6 nitrogen and oxygen atoms in total. The highest BCUT2D eigenvalue weighted by molar-refractivity contribution is 5.98. The fourth-order valence-corrected chi connectivity index (χ4v) is 2.99. The Balaban J connectivity index is 1.73. The maximum atomic E-state index is 12.6. The quantitative estimate of drug-likeness (QED) is 0.797. The molecule has 1 aliphatic rings. The maximum Gasteiger partial charge on any atom is 0.270 e. The second-order valence-electron chi connectivity index (χ2n) is 6.27. The number of carbonyl (C=O) groups is 2. The summed E-state index contributed by atoms with van der Waals surface area (Å²) in [6.07, 6.45) is 2.74. The lowest BCUT2D eigenvalue weighted by molar-refractivity contribution is -0.121. The van der Waals surface area contributed by atoms with Gasteiger partial charge in [-0.25, -0.2) is 0 Å². The smallest absolute Gasteiger partial charge is 0.270 e. The Bertz CT molecular complexity index is 753. The van der Waals surface area contributed by atoms with Crippen LogP contribution < -0.4 is 10.5 Å². The summed E-state index contributed by atoms with van der Waals surface area (Å²) in [4.78, 5) is 28.7. The number of carbonyl (C=O) groups excluding carboxylic acids is 2. The molecule has 128 valence electrons. The largest absolute Gasteiger partial charge is 0.494 e. The van der Waals surface area contributed by atoms with Gasteiger partial charge in [-0.2, -0.15) is 0 Å². The van der Waals surface area contributed by atoms with Gasteiger partial charge in [0.25, 0.3) is 5.91 Å². The minimum Gasteiger partial charge on any atom is -0.494 e. The van der Waals surface area contributed by atoms with Gasteiger partial charge in [0.15, 0.2) is 0 Å². The number of aromatic amines is 1. The molecule has 2 amide bonds. The summed E-state index contributed by atoms with van der Waals surface area (Å²) in [6.45, 7) is 3.77. The number of unbranched alkanes of at least 4 members (excludes halogenated alkanes) is 1. The Morgan fingerprint density at radius 1 is 1.38 bits per heavy atom. The van der Waals surface area contributed by atoms with E-state index in [9.17, 15) is 9.59 Å². The first-order chi connectivity index (χ1) is 11.6. The number of nitrogens with one attached hydrogen (secondary N) is 1. The van der Waals surface area contributed by atoms with Gasteiger partial charge in [-0.1, -0.05) is 13.3 Å². The molecule has 2 aromatic rings. The standard InChI is InChI=1S/C18H23N3O3/c1-2-3-8-24-14-5-4-12-9-16(20-15(12)10-14)18(23)21-7-6-13(11-21)17(19)22/h4-5,9-10,13,20H,2-3,6-8,11H2,1H3,(H2,19,22). The van der Waals surface area contributed by atoms with Crippen LogP contribution >= 0.6 is 0 Å². The zero-order chi connectivity index (χ0) is 17.1. The summed E-state index contributed by atoms with van der Waals surface area (Å²) in [5.41, 5.74) is 6.73. The van der Waals surface area contributed by atoms with Crippen LogP contribution in [0.4, 0.5) is 0 Å². The van der Waals surface area contributed by atoms with E-state index in [2.05, 4.69) is 11.9 Å². The molecule has 2 heterocycles. The molecule has 1 unspecified atom stereocenters. The number of aromatic nitrogens is 1. The van der Waals surface area contributed by atoms with Crippen LogP contribution in [0.25, 0.3) is 10.9 Å². The molecule has 1 atom stereocenters. The normalized spacial score (nSPS) is 17.4. The zero-order valence-corrected chi connectivity index (χ0v) is 13.9. The van der Waals surface area contributed by atoms with Crippen molar-refractivity contribution in [3.8, 4) is 5.75 Å². The number of hydrogen-bond acceptors (Lipinski definition) is 3. The molecule has 1 saturated heterocycles. The van der Waals surface area contributed by atoms with Gasteiger partial charge in [0.1, 0.15) is 11.4 Å². The third kappa shape index (κ3) is 3.37. The molecule has 24 heavy (non-hydrogen) atoms. The zero-order valence-electron chi connectivity index (χ0n) is 13.9. The number of amides is 2. The number of fused-ring (bicyclic) bond motifs is 1. The first-order valence-corrected chi connectivity index (χ1v) is 8.42. The van der Waals surface area contributed by atoms with Crippen molar-refractivity contribution in [1.82, 2.24) is 9.88 Å².